The van der Waals surface area contributed by atoms with E-state index in [2.05, 4.69) is 15.4 Å². The van der Waals surface area contributed by atoms with Crippen molar-refractivity contribution in [2.75, 3.05) is 20.2 Å². The van der Waals surface area contributed by atoms with Gasteiger partial charge in [0.15, 0.2) is 0 Å². The van der Waals surface area contributed by atoms with E-state index in [0.717, 1.165) is 12.8 Å². The maximum atomic E-state index is 12.6. The van der Waals surface area contributed by atoms with Crippen molar-refractivity contribution < 1.29 is 29.0 Å². The number of carboxylic acids is 1. The van der Waals surface area contributed by atoms with Crippen molar-refractivity contribution in [3.05, 3.63) is 0 Å². The second-order valence-electron chi connectivity index (χ2n) is 11.3. The third kappa shape index (κ3) is 14.0. The lowest BCUT2D eigenvalue weighted by molar-refractivity contribution is -0.149. The smallest absolute Gasteiger partial charge is 0.309 e. The van der Waals surface area contributed by atoms with Crippen LogP contribution in [0.1, 0.15) is 87.0 Å². The van der Waals surface area contributed by atoms with E-state index < -0.39 is 22.4 Å². The molecule has 0 radical (unpaired) electrons. The number of unbranched alkanes of at least 4 members (excludes halogenated alkanes) is 1. The van der Waals surface area contributed by atoms with Crippen molar-refractivity contribution in [3.8, 4) is 0 Å². The van der Waals surface area contributed by atoms with E-state index in [0.29, 0.717) is 26.0 Å². The number of nitrogens with two attached hydrogens (primary N) is 1. The number of carbonyl (C=O) groups excluding carboxylic acids is 3. The minimum absolute atomic E-state index is 0.0729. The van der Waals surface area contributed by atoms with Gasteiger partial charge in [-0.2, -0.15) is 0 Å². The average Bonchev–Trinajstić information content (AvgIpc) is 2.72. The lowest BCUT2D eigenvalue weighted by Gasteiger charge is -2.31. The van der Waals surface area contributed by atoms with Crippen LogP contribution < -0.4 is 21.1 Å². The number of primary amides is 1. The van der Waals surface area contributed by atoms with Crippen molar-refractivity contribution in [1.82, 2.24) is 15.4 Å². The summed E-state index contributed by atoms with van der Waals surface area (Å²) in [7, 11) is 1.70. The Morgan fingerprint density at radius 3 is 2.14 bits per heavy atom. The number of likely N-dealkylation sites (N-methyl/N-ethyl adjacent to an activating group) is 1. The molecule has 2 unspecified atom stereocenters. The first kappa shape index (κ1) is 34.1. The van der Waals surface area contributed by atoms with Crippen LogP contribution in [0.2, 0.25) is 0 Å². The van der Waals surface area contributed by atoms with Gasteiger partial charge in [-0.3, -0.25) is 23.9 Å². The highest BCUT2D eigenvalue weighted by atomic mass is 32.2. The quantitative estimate of drug-likeness (QED) is 0.125. The highest BCUT2D eigenvalue weighted by Gasteiger charge is 2.39. The Morgan fingerprint density at radius 1 is 1.00 bits per heavy atom. The zero-order valence-electron chi connectivity index (χ0n) is 23.3. The Bertz CT molecular complexity index is 742. The summed E-state index contributed by atoms with van der Waals surface area (Å²) in [5.74, 6) is -1.61. The van der Waals surface area contributed by atoms with Gasteiger partial charge < -0.3 is 26.2 Å². The van der Waals surface area contributed by atoms with Crippen molar-refractivity contribution in [3.63, 3.8) is 0 Å². The Labute approximate surface area is 220 Å². The van der Waals surface area contributed by atoms with E-state index in [1.807, 2.05) is 20.8 Å². The number of hydrogen-bond acceptors (Lipinski definition) is 7. The van der Waals surface area contributed by atoms with Crippen molar-refractivity contribution in [2.45, 2.75) is 104 Å². The summed E-state index contributed by atoms with van der Waals surface area (Å²) in [5, 5.41) is 15.2. The predicted octanol–water partition coefficient (Wildman–Crippen LogP) is 2.60. The molecule has 6 N–H and O–H groups in total. The highest BCUT2D eigenvalue weighted by molar-refractivity contribution is 7.98. The molecule has 0 aliphatic carbocycles. The van der Waals surface area contributed by atoms with Gasteiger partial charge in [0.2, 0.25) is 17.7 Å². The van der Waals surface area contributed by atoms with Crippen molar-refractivity contribution >= 4 is 35.6 Å². The molecule has 0 saturated heterocycles. The summed E-state index contributed by atoms with van der Waals surface area (Å²) < 4.78 is 8.77. The topological polar surface area (TPSA) is 160 Å². The van der Waals surface area contributed by atoms with Gasteiger partial charge in [-0.1, -0.05) is 20.8 Å². The molecule has 210 valence electrons. The second-order valence-corrected chi connectivity index (χ2v) is 12.5. The van der Waals surface area contributed by atoms with Crippen LogP contribution in [0.3, 0.4) is 0 Å². The molecule has 3 amide bonds. The van der Waals surface area contributed by atoms with Crippen molar-refractivity contribution in [2.24, 2.45) is 16.6 Å². The fourth-order valence-electron chi connectivity index (χ4n) is 3.74. The van der Waals surface area contributed by atoms with Crippen LogP contribution in [-0.2, 0) is 23.9 Å². The lowest BCUT2D eigenvalue weighted by atomic mass is 9.75. The molecule has 0 aromatic heterocycles. The van der Waals surface area contributed by atoms with Gasteiger partial charge in [-0.05, 0) is 78.8 Å². The molecule has 0 fully saturated rings. The number of ether oxygens (including phenoxy) is 1. The molecule has 10 nitrogen and oxygen atoms in total. The van der Waals surface area contributed by atoms with Crippen LogP contribution in [0.25, 0.3) is 0 Å². The molecule has 0 aromatic carbocycles. The largest absolute Gasteiger partial charge is 0.481 e. The molecular formula is C25H48N4O6S. The van der Waals surface area contributed by atoms with Crippen LogP contribution in [0.4, 0.5) is 0 Å². The van der Waals surface area contributed by atoms with E-state index >= 15 is 0 Å². The first-order valence-electron chi connectivity index (χ1n) is 12.5. The molecule has 0 aliphatic heterocycles. The molecule has 0 aliphatic rings. The molecule has 0 bridgehead atoms. The Kier molecular flexibility index (Phi) is 14.6. The molecule has 2 atom stereocenters. The summed E-state index contributed by atoms with van der Waals surface area (Å²) in [6, 6.07) is -0.350. The lowest BCUT2D eigenvalue weighted by Crippen LogP contribution is -2.40. The van der Waals surface area contributed by atoms with E-state index in [9.17, 15) is 24.3 Å². The molecule has 0 saturated carbocycles. The number of hydrogen-bond donors (Lipinski definition) is 5. The maximum Gasteiger partial charge on any atom is 0.309 e. The Hall–Kier alpha value is -1.85. The monoisotopic (exact) mass is 532 g/mol. The van der Waals surface area contributed by atoms with Crippen LogP contribution in [-0.4, -0.2) is 65.9 Å². The molecule has 36 heavy (non-hydrogen) atoms. The summed E-state index contributed by atoms with van der Waals surface area (Å²) in [5.41, 5.74) is 2.84. The van der Waals surface area contributed by atoms with Gasteiger partial charge in [0, 0.05) is 23.8 Å². The fraction of sp³-hybridized carbons (Fsp3) is 0.840. The zero-order valence-corrected chi connectivity index (χ0v) is 24.1. The number of amides is 3. The number of nitrogens with one attached hydrogen (secondary N) is 3. The predicted molar refractivity (Wildman–Crippen MR) is 143 cm³/mol. The minimum atomic E-state index is -0.997. The highest BCUT2D eigenvalue weighted by Crippen LogP contribution is 2.34. The van der Waals surface area contributed by atoms with Crippen LogP contribution in [0.5, 0.6) is 0 Å². The Balaban J connectivity index is 4.27. The van der Waals surface area contributed by atoms with Gasteiger partial charge in [0.1, 0.15) is 0 Å². The first-order valence-corrected chi connectivity index (χ1v) is 13.4. The zero-order chi connectivity index (χ0) is 28.2. The van der Waals surface area contributed by atoms with Gasteiger partial charge in [0.25, 0.3) is 0 Å². The minimum Gasteiger partial charge on any atom is -0.481 e. The summed E-state index contributed by atoms with van der Waals surface area (Å²) in [6.45, 7) is 13.4. The third-order valence-corrected chi connectivity index (χ3v) is 6.91. The summed E-state index contributed by atoms with van der Waals surface area (Å²) >= 11 is 1.29. The van der Waals surface area contributed by atoms with Crippen LogP contribution in [0.15, 0.2) is 0 Å². The summed E-state index contributed by atoms with van der Waals surface area (Å²) in [4.78, 5) is 47.5. The third-order valence-electron chi connectivity index (χ3n) is 5.97. The van der Waals surface area contributed by atoms with E-state index in [1.54, 1.807) is 34.7 Å². The molecule has 0 aromatic rings. The van der Waals surface area contributed by atoms with E-state index in [-0.39, 0.29) is 41.9 Å². The van der Waals surface area contributed by atoms with Crippen LogP contribution >= 0.6 is 11.9 Å². The summed E-state index contributed by atoms with van der Waals surface area (Å²) in [6.07, 6.45) is 3.27. The molecule has 0 rings (SSSR count). The van der Waals surface area contributed by atoms with Gasteiger partial charge in [-0.15, -0.1) is 0 Å². The molecule has 11 heteroatoms. The average molecular weight is 533 g/mol. The fourth-order valence-corrected chi connectivity index (χ4v) is 4.54. The first-order chi connectivity index (χ1) is 16.4. The van der Waals surface area contributed by atoms with E-state index in [4.69, 9.17) is 10.5 Å². The van der Waals surface area contributed by atoms with Crippen molar-refractivity contribution in [1.29, 1.82) is 0 Å². The molecule has 0 heterocycles. The molecule has 0 spiro atoms. The van der Waals surface area contributed by atoms with Gasteiger partial charge in [-0.25, -0.2) is 0 Å². The normalized spacial score (nSPS) is 14.1. The SMILES string of the molecule is CNC(CCCCNC(=O)CC(C)(C)OCCC(C)SNC(=O)C(C)(C)CC(C)(C)C(=O)O)C(N)=O. The number of aliphatic carboxylic acids is 1. The second kappa shape index (κ2) is 15.4. The standard InChI is InChI=1S/C25H48N4O6S/c1-17(36-29-21(32)23(2,3)16-24(4,5)22(33)34)12-14-35-25(6,7)15-19(30)28-13-10-9-11-18(27-8)20(26)31/h17-18,27H,9-16H2,1-8H3,(H2,26,31)(H,28,30)(H,29,32)(H,33,34). The number of carboxylic acid groups (broad SMARTS) is 1. The molecular weight excluding hydrogens is 484 g/mol. The number of carbonyl (C=O) groups is 4. The Morgan fingerprint density at radius 2 is 1.61 bits per heavy atom. The van der Waals surface area contributed by atoms with E-state index in [1.165, 1.54) is 11.9 Å². The van der Waals surface area contributed by atoms with Crippen LogP contribution in [0, 0.1) is 10.8 Å². The maximum absolute atomic E-state index is 12.6. The van der Waals surface area contributed by atoms with Gasteiger partial charge in [0.05, 0.1) is 23.5 Å². The van der Waals surface area contributed by atoms with Gasteiger partial charge >= 0.3 is 5.97 Å². The number of rotatable bonds is 19.